The van der Waals surface area contributed by atoms with Crippen molar-refractivity contribution in [3.05, 3.63) is 22.6 Å². The van der Waals surface area contributed by atoms with Gasteiger partial charge in [-0.2, -0.15) is 23.1 Å². The van der Waals surface area contributed by atoms with Gasteiger partial charge in [-0.3, -0.25) is 0 Å². The fourth-order valence-corrected chi connectivity index (χ4v) is 4.43. The molecule has 0 saturated heterocycles. The van der Waals surface area contributed by atoms with Gasteiger partial charge in [-0.25, -0.2) is 0 Å². The molecule has 0 spiro atoms. The maximum Gasteiger partial charge on any atom is 0.451 e. The highest BCUT2D eigenvalue weighted by Gasteiger charge is 2.39. The summed E-state index contributed by atoms with van der Waals surface area (Å²) in [5.74, 6) is -0.0834. The van der Waals surface area contributed by atoms with E-state index in [2.05, 4.69) is 27.1 Å². The normalized spacial score (nSPS) is 14.4. The standard InChI is InChI=1S/C17H20F3N7OS/c1-2-3-10-8-11-13(22-16(28-7-4-21)23-14(11)29-10)26-5-6-27-12(9-26)24-25-15(27)17(18,19)20/h8H,2-7,9,21H2,1H3. The lowest BCUT2D eigenvalue weighted by Gasteiger charge is -2.29. The van der Waals surface area contributed by atoms with Crippen LogP contribution in [0.2, 0.25) is 0 Å². The second-order valence-electron chi connectivity index (χ2n) is 6.66. The highest BCUT2D eigenvalue weighted by molar-refractivity contribution is 7.18. The quantitative estimate of drug-likeness (QED) is 0.646. The van der Waals surface area contributed by atoms with E-state index < -0.39 is 12.0 Å². The van der Waals surface area contributed by atoms with Crippen LogP contribution in [0.3, 0.4) is 0 Å². The molecule has 0 radical (unpaired) electrons. The molecule has 8 nitrogen and oxygen atoms in total. The fraction of sp³-hybridized carbons (Fsp3) is 0.529. The van der Waals surface area contributed by atoms with Crippen LogP contribution in [0.4, 0.5) is 19.0 Å². The molecule has 4 heterocycles. The highest BCUT2D eigenvalue weighted by atomic mass is 32.1. The number of hydrogen-bond acceptors (Lipinski definition) is 8. The van der Waals surface area contributed by atoms with Gasteiger partial charge in [0, 0.05) is 24.5 Å². The Morgan fingerprint density at radius 2 is 2.07 bits per heavy atom. The Labute approximate surface area is 168 Å². The van der Waals surface area contributed by atoms with Gasteiger partial charge in [0.25, 0.3) is 0 Å². The van der Waals surface area contributed by atoms with Crippen LogP contribution >= 0.6 is 11.3 Å². The lowest BCUT2D eigenvalue weighted by molar-refractivity contribution is -0.147. The van der Waals surface area contributed by atoms with E-state index in [0.29, 0.717) is 18.9 Å². The molecule has 1 aliphatic rings. The maximum absolute atomic E-state index is 13.1. The molecule has 0 unspecified atom stereocenters. The van der Waals surface area contributed by atoms with Crippen LogP contribution in [0.1, 0.15) is 29.9 Å². The van der Waals surface area contributed by atoms with E-state index in [0.717, 1.165) is 27.6 Å². The summed E-state index contributed by atoms with van der Waals surface area (Å²) in [5.41, 5.74) is 5.51. The second kappa shape index (κ2) is 7.75. The van der Waals surface area contributed by atoms with E-state index >= 15 is 0 Å². The Hall–Kier alpha value is -2.47. The van der Waals surface area contributed by atoms with Crippen LogP contribution in [-0.4, -0.2) is 44.4 Å². The minimum Gasteiger partial charge on any atom is -0.462 e. The van der Waals surface area contributed by atoms with Crippen molar-refractivity contribution in [2.45, 2.75) is 39.0 Å². The summed E-state index contributed by atoms with van der Waals surface area (Å²) in [6.45, 7) is 3.34. The summed E-state index contributed by atoms with van der Waals surface area (Å²) in [6, 6.07) is 2.26. The third-order valence-electron chi connectivity index (χ3n) is 4.55. The van der Waals surface area contributed by atoms with E-state index in [1.165, 1.54) is 4.88 Å². The summed E-state index contributed by atoms with van der Waals surface area (Å²) in [5, 5.41) is 7.95. The number of rotatable bonds is 6. The van der Waals surface area contributed by atoms with Gasteiger partial charge in [0.05, 0.1) is 11.9 Å². The van der Waals surface area contributed by atoms with Gasteiger partial charge in [0.1, 0.15) is 17.3 Å². The Morgan fingerprint density at radius 1 is 1.24 bits per heavy atom. The van der Waals surface area contributed by atoms with Crippen LogP contribution in [0.15, 0.2) is 6.07 Å². The number of hydrogen-bond donors (Lipinski definition) is 1. The summed E-state index contributed by atoms with van der Waals surface area (Å²) in [7, 11) is 0. The van der Waals surface area contributed by atoms with Crippen LogP contribution in [0.25, 0.3) is 10.2 Å². The van der Waals surface area contributed by atoms with Crippen molar-refractivity contribution < 1.29 is 17.9 Å². The molecule has 3 aromatic rings. The van der Waals surface area contributed by atoms with E-state index in [4.69, 9.17) is 10.5 Å². The predicted molar refractivity (Wildman–Crippen MR) is 102 cm³/mol. The smallest absolute Gasteiger partial charge is 0.451 e. The topological polar surface area (TPSA) is 95.0 Å². The molecule has 12 heteroatoms. The first-order valence-corrected chi connectivity index (χ1v) is 10.1. The largest absolute Gasteiger partial charge is 0.462 e. The van der Waals surface area contributed by atoms with Crippen molar-refractivity contribution in [3.8, 4) is 6.01 Å². The zero-order valence-corrected chi connectivity index (χ0v) is 16.6. The van der Waals surface area contributed by atoms with Gasteiger partial charge >= 0.3 is 12.2 Å². The minimum atomic E-state index is -4.53. The molecule has 0 bridgehead atoms. The number of halogens is 3. The number of thiophene rings is 1. The van der Waals surface area contributed by atoms with Gasteiger partial charge in [-0.1, -0.05) is 13.3 Å². The Bertz CT molecular complexity index is 1020. The van der Waals surface area contributed by atoms with Gasteiger partial charge in [-0.05, 0) is 12.5 Å². The fourth-order valence-electron chi connectivity index (χ4n) is 3.31. The molecule has 2 N–H and O–H groups in total. The Kier molecular flexibility index (Phi) is 5.30. The Morgan fingerprint density at radius 3 is 2.79 bits per heavy atom. The summed E-state index contributed by atoms with van der Waals surface area (Å²) in [4.78, 5) is 12.9. The molecule has 156 valence electrons. The Balaban J connectivity index is 1.71. The average molecular weight is 427 g/mol. The minimum absolute atomic E-state index is 0.119. The number of aromatic nitrogens is 5. The first-order chi connectivity index (χ1) is 13.9. The third-order valence-corrected chi connectivity index (χ3v) is 5.64. The molecule has 0 amide bonds. The van der Waals surface area contributed by atoms with E-state index in [1.54, 1.807) is 11.3 Å². The lowest BCUT2D eigenvalue weighted by atomic mass is 10.2. The molecule has 1 aliphatic heterocycles. The number of ether oxygens (including phenoxy) is 1. The number of alkyl halides is 3. The first kappa shape index (κ1) is 19.8. The van der Waals surface area contributed by atoms with Crippen molar-refractivity contribution in [3.63, 3.8) is 0 Å². The molecule has 29 heavy (non-hydrogen) atoms. The molecular formula is C17H20F3N7OS. The zero-order valence-electron chi connectivity index (χ0n) is 15.7. The van der Waals surface area contributed by atoms with E-state index in [9.17, 15) is 13.2 Å². The number of anilines is 1. The first-order valence-electron chi connectivity index (χ1n) is 9.28. The van der Waals surface area contributed by atoms with Crippen LogP contribution in [0.5, 0.6) is 6.01 Å². The molecule has 0 saturated carbocycles. The summed E-state index contributed by atoms with van der Waals surface area (Å²) < 4.78 is 46.0. The third kappa shape index (κ3) is 3.86. The second-order valence-corrected chi connectivity index (χ2v) is 7.77. The van der Waals surface area contributed by atoms with E-state index in [-0.39, 0.29) is 31.5 Å². The van der Waals surface area contributed by atoms with Gasteiger partial charge in [0.15, 0.2) is 5.82 Å². The maximum atomic E-state index is 13.1. The van der Waals surface area contributed by atoms with Crippen molar-refractivity contribution in [2.24, 2.45) is 5.73 Å². The van der Waals surface area contributed by atoms with Crippen molar-refractivity contribution in [1.82, 2.24) is 24.7 Å². The van der Waals surface area contributed by atoms with E-state index in [1.807, 2.05) is 11.0 Å². The van der Waals surface area contributed by atoms with Crippen LogP contribution < -0.4 is 15.4 Å². The lowest BCUT2D eigenvalue weighted by Crippen LogP contribution is -2.36. The van der Waals surface area contributed by atoms with Gasteiger partial charge in [-0.15, -0.1) is 21.5 Å². The van der Waals surface area contributed by atoms with Gasteiger partial charge in [0.2, 0.25) is 5.82 Å². The molecule has 4 rings (SSSR count). The average Bonchev–Trinajstić information content (AvgIpc) is 3.28. The molecule has 0 aromatic carbocycles. The molecule has 3 aromatic heterocycles. The monoisotopic (exact) mass is 427 g/mol. The number of fused-ring (bicyclic) bond motifs is 2. The summed E-state index contributed by atoms with van der Waals surface area (Å²) >= 11 is 1.57. The highest BCUT2D eigenvalue weighted by Crippen LogP contribution is 2.35. The van der Waals surface area contributed by atoms with Crippen molar-refractivity contribution in [2.75, 3.05) is 24.6 Å². The molecule has 0 atom stereocenters. The van der Waals surface area contributed by atoms with Crippen molar-refractivity contribution >= 4 is 27.4 Å². The van der Waals surface area contributed by atoms with Gasteiger partial charge < -0.3 is 19.9 Å². The SMILES string of the molecule is CCCc1cc2c(N3CCn4c(nnc4C(F)(F)F)C3)nc(OCCN)nc2s1. The van der Waals surface area contributed by atoms with Crippen molar-refractivity contribution in [1.29, 1.82) is 0 Å². The number of aryl methyl sites for hydroxylation is 1. The molecule has 0 fully saturated rings. The zero-order chi connectivity index (χ0) is 20.6. The number of nitrogens with zero attached hydrogens (tertiary/aromatic N) is 6. The molecular weight excluding hydrogens is 407 g/mol. The van der Waals surface area contributed by atoms with Crippen LogP contribution in [-0.2, 0) is 25.7 Å². The van der Waals surface area contributed by atoms with Crippen LogP contribution in [0, 0.1) is 0 Å². The molecule has 0 aliphatic carbocycles. The summed E-state index contributed by atoms with van der Waals surface area (Å²) in [6.07, 6.45) is -2.61. The number of nitrogens with two attached hydrogens (primary N) is 1. The predicted octanol–water partition coefficient (Wildman–Crippen LogP) is 2.61.